The molecular formula is C31H46O3. The Labute approximate surface area is 208 Å². The van der Waals surface area contributed by atoms with Gasteiger partial charge in [-0.3, -0.25) is 0 Å². The Morgan fingerprint density at radius 1 is 0.765 bits per heavy atom. The standard InChI is InChI=1S/C31H46O3/c1-10-11-27(21(4)5)24-12-14-25(15-13-24)31(32)34-17-16-33-30-28(22(6)7)18-26(20(2)3)19-29(30)23(8)9/h12-15,18-23,27H,10-11,16-17H2,1-9H3. The Morgan fingerprint density at radius 3 is 1.76 bits per heavy atom. The van der Waals surface area contributed by atoms with E-state index in [1.807, 2.05) is 12.1 Å². The maximum atomic E-state index is 12.6. The number of ether oxygens (including phenoxy) is 2. The Morgan fingerprint density at radius 2 is 1.32 bits per heavy atom. The molecule has 0 radical (unpaired) electrons. The average molecular weight is 467 g/mol. The number of carbonyl (C=O) groups is 1. The zero-order chi connectivity index (χ0) is 25.4. The summed E-state index contributed by atoms with van der Waals surface area (Å²) >= 11 is 0. The molecule has 1 atom stereocenters. The first-order valence-corrected chi connectivity index (χ1v) is 13.1. The fourth-order valence-corrected chi connectivity index (χ4v) is 4.48. The minimum absolute atomic E-state index is 0.228. The third-order valence-corrected chi connectivity index (χ3v) is 6.62. The normalized spacial score (nSPS) is 12.6. The highest BCUT2D eigenvalue weighted by Gasteiger charge is 2.19. The molecule has 2 aromatic carbocycles. The number of benzene rings is 2. The monoisotopic (exact) mass is 466 g/mol. The Balaban J connectivity index is 2.04. The van der Waals surface area contributed by atoms with Crippen LogP contribution in [-0.4, -0.2) is 19.2 Å². The van der Waals surface area contributed by atoms with E-state index in [1.54, 1.807) is 0 Å². The summed E-state index contributed by atoms with van der Waals surface area (Å²) in [6.45, 7) is 20.6. The molecule has 0 saturated heterocycles. The Bertz CT molecular complexity index is 878. The van der Waals surface area contributed by atoms with E-state index in [4.69, 9.17) is 9.47 Å². The molecule has 0 N–H and O–H groups in total. The first-order chi connectivity index (χ1) is 16.1. The van der Waals surface area contributed by atoms with Crippen molar-refractivity contribution in [2.24, 2.45) is 5.92 Å². The van der Waals surface area contributed by atoms with Gasteiger partial charge in [0.2, 0.25) is 0 Å². The molecule has 0 fully saturated rings. The van der Waals surface area contributed by atoms with Crippen LogP contribution in [0, 0.1) is 5.92 Å². The van der Waals surface area contributed by atoms with Crippen LogP contribution in [0.15, 0.2) is 36.4 Å². The number of hydrogen-bond donors (Lipinski definition) is 0. The van der Waals surface area contributed by atoms with Crippen molar-refractivity contribution in [3.63, 3.8) is 0 Å². The van der Waals surface area contributed by atoms with E-state index in [9.17, 15) is 4.79 Å². The Hall–Kier alpha value is -2.29. The third-order valence-electron chi connectivity index (χ3n) is 6.62. The SMILES string of the molecule is CCCC(c1ccc(C(=O)OCCOc2c(C(C)C)cc(C(C)C)cc2C(C)C)cc1)C(C)C. The quantitative estimate of drug-likeness (QED) is 0.231. The molecule has 2 rings (SSSR count). The van der Waals surface area contributed by atoms with Crippen molar-refractivity contribution >= 4 is 5.97 Å². The van der Waals surface area contributed by atoms with Gasteiger partial charge in [0, 0.05) is 0 Å². The van der Waals surface area contributed by atoms with Crippen LogP contribution in [0.1, 0.15) is 131 Å². The van der Waals surface area contributed by atoms with Gasteiger partial charge in [-0.25, -0.2) is 4.79 Å². The number of rotatable bonds is 12. The highest BCUT2D eigenvalue weighted by molar-refractivity contribution is 5.89. The average Bonchev–Trinajstić information content (AvgIpc) is 2.79. The van der Waals surface area contributed by atoms with E-state index in [2.05, 4.69) is 86.6 Å². The predicted molar refractivity (Wildman–Crippen MR) is 143 cm³/mol. The lowest BCUT2D eigenvalue weighted by atomic mass is 9.85. The van der Waals surface area contributed by atoms with Crippen molar-refractivity contribution in [2.75, 3.05) is 13.2 Å². The molecular weight excluding hydrogens is 420 g/mol. The smallest absolute Gasteiger partial charge is 0.338 e. The summed E-state index contributed by atoms with van der Waals surface area (Å²) in [7, 11) is 0. The molecule has 0 spiro atoms. The van der Waals surface area contributed by atoms with Crippen LogP contribution < -0.4 is 4.74 Å². The summed E-state index contributed by atoms with van der Waals surface area (Å²) in [4.78, 5) is 12.6. The number of carbonyl (C=O) groups excluding carboxylic acids is 1. The molecule has 0 bridgehead atoms. The van der Waals surface area contributed by atoms with E-state index in [1.165, 1.54) is 22.3 Å². The van der Waals surface area contributed by atoms with Crippen LogP contribution in [0.4, 0.5) is 0 Å². The summed E-state index contributed by atoms with van der Waals surface area (Å²) in [5, 5.41) is 0. The predicted octanol–water partition coefficient (Wildman–Crippen LogP) is 8.83. The molecule has 3 nitrogen and oxygen atoms in total. The van der Waals surface area contributed by atoms with Crippen LogP contribution in [-0.2, 0) is 4.74 Å². The molecule has 0 saturated carbocycles. The molecule has 0 aromatic heterocycles. The molecule has 0 aliphatic carbocycles. The lowest BCUT2D eigenvalue weighted by Gasteiger charge is -2.23. The largest absolute Gasteiger partial charge is 0.489 e. The van der Waals surface area contributed by atoms with Crippen molar-refractivity contribution in [3.8, 4) is 5.75 Å². The van der Waals surface area contributed by atoms with Gasteiger partial charge in [-0.2, -0.15) is 0 Å². The molecule has 2 aromatic rings. The van der Waals surface area contributed by atoms with Crippen molar-refractivity contribution in [1.29, 1.82) is 0 Å². The van der Waals surface area contributed by atoms with Crippen molar-refractivity contribution < 1.29 is 14.3 Å². The summed E-state index contributed by atoms with van der Waals surface area (Å²) < 4.78 is 11.8. The van der Waals surface area contributed by atoms with Gasteiger partial charge < -0.3 is 9.47 Å². The minimum atomic E-state index is -0.296. The van der Waals surface area contributed by atoms with Crippen molar-refractivity contribution in [1.82, 2.24) is 0 Å². The third kappa shape index (κ3) is 7.35. The van der Waals surface area contributed by atoms with Crippen molar-refractivity contribution in [2.45, 2.75) is 98.8 Å². The molecule has 0 amide bonds. The van der Waals surface area contributed by atoms with Gasteiger partial charge in [0.05, 0.1) is 5.56 Å². The highest BCUT2D eigenvalue weighted by atomic mass is 16.6. The maximum absolute atomic E-state index is 12.6. The van der Waals surface area contributed by atoms with Crippen LogP contribution in [0.25, 0.3) is 0 Å². The molecule has 3 heteroatoms. The van der Waals surface area contributed by atoms with E-state index >= 15 is 0 Å². The first-order valence-electron chi connectivity index (χ1n) is 13.1. The summed E-state index contributed by atoms with van der Waals surface area (Å²) in [6.07, 6.45) is 2.32. The molecule has 0 aliphatic rings. The van der Waals surface area contributed by atoms with Crippen LogP contribution in [0.3, 0.4) is 0 Å². The van der Waals surface area contributed by atoms with Gasteiger partial charge in [0.15, 0.2) is 0 Å². The fraction of sp³-hybridized carbons (Fsp3) is 0.581. The molecule has 34 heavy (non-hydrogen) atoms. The van der Waals surface area contributed by atoms with E-state index in [-0.39, 0.29) is 12.6 Å². The maximum Gasteiger partial charge on any atom is 0.338 e. The van der Waals surface area contributed by atoms with Gasteiger partial charge >= 0.3 is 5.97 Å². The number of hydrogen-bond acceptors (Lipinski definition) is 3. The molecule has 0 aliphatic heterocycles. The van der Waals surface area contributed by atoms with Crippen LogP contribution in [0.5, 0.6) is 5.75 Å². The topological polar surface area (TPSA) is 35.5 Å². The first kappa shape index (κ1) is 28.0. The molecule has 188 valence electrons. The lowest BCUT2D eigenvalue weighted by Crippen LogP contribution is -2.15. The zero-order valence-electron chi connectivity index (χ0n) is 22.9. The summed E-state index contributed by atoms with van der Waals surface area (Å²) in [5.74, 6) is 2.94. The van der Waals surface area contributed by atoms with Crippen LogP contribution in [0.2, 0.25) is 0 Å². The summed E-state index contributed by atoms with van der Waals surface area (Å²) in [5.41, 5.74) is 5.68. The van der Waals surface area contributed by atoms with E-state index < -0.39 is 0 Å². The second-order valence-electron chi connectivity index (χ2n) is 10.7. The Kier molecular flexibility index (Phi) is 10.7. The van der Waals surface area contributed by atoms with Gasteiger partial charge in [0.25, 0.3) is 0 Å². The lowest BCUT2D eigenvalue weighted by molar-refractivity contribution is 0.0449. The molecule has 1 unspecified atom stereocenters. The zero-order valence-corrected chi connectivity index (χ0v) is 22.9. The fourth-order valence-electron chi connectivity index (χ4n) is 4.48. The minimum Gasteiger partial charge on any atom is -0.489 e. The van der Waals surface area contributed by atoms with Gasteiger partial charge in [-0.05, 0) is 70.4 Å². The molecule has 0 heterocycles. The van der Waals surface area contributed by atoms with Crippen LogP contribution >= 0.6 is 0 Å². The van der Waals surface area contributed by atoms with Crippen molar-refractivity contribution in [3.05, 3.63) is 64.2 Å². The second-order valence-corrected chi connectivity index (χ2v) is 10.7. The second kappa shape index (κ2) is 13.0. The number of esters is 1. The van der Waals surface area contributed by atoms with Gasteiger partial charge in [-0.15, -0.1) is 0 Å². The van der Waals surface area contributed by atoms with Gasteiger partial charge in [-0.1, -0.05) is 93.0 Å². The summed E-state index contributed by atoms with van der Waals surface area (Å²) in [6, 6.07) is 12.5. The van der Waals surface area contributed by atoms with Gasteiger partial charge in [0.1, 0.15) is 19.0 Å². The van der Waals surface area contributed by atoms with E-state index in [0.717, 1.165) is 18.6 Å². The highest BCUT2D eigenvalue weighted by Crippen LogP contribution is 2.37. The van der Waals surface area contributed by atoms with E-state index in [0.29, 0.717) is 41.8 Å².